The van der Waals surface area contributed by atoms with Crippen molar-refractivity contribution in [1.29, 1.82) is 0 Å². The molecule has 0 amide bonds. The van der Waals surface area contributed by atoms with E-state index >= 15 is 0 Å². The second-order valence-corrected chi connectivity index (χ2v) is 4.78. The Labute approximate surface area is 108 Å². The summed E-state index contributed by atoms with van der Waals surface area (Å²) < 4.78 is 5.65. The summed E-state index contributed by atoms with van der Waals surface area (Å²) in [7, 11) is 0. The molecule has 1 aliphatic heterocycles. The van der Waals surface area contributed by atoms with Crippen molar-refractivity contribution in [2.24, 2.45) is 0 Å². The number of ether oxygens (including phenoxy) is 1. The fourth-order valence-corrected chi connectivity index (χ4v) is 2.21. The zero-order valence-electron chi connectivity index (χ0n) is 10.6. The van der Waals surface area contributed by atoms with Gasteiger partial charge in [0.05, 0.1) is 6.10 Å². The van der Waals surface area contributed by atoms with Crippen molar-refractivity contribution in [3.8, 4) is 11.5 Å². The predicted molar refractivity (Wildman–Crippen MR) is 69.7 cm³/mol. The van der Waals surface area contributed by atoms with Gasteiger partial charge in [-0.15, -0.1) is 0 Å². The van der Waals surface area contributed by atoms with Gasteiger partial charge in [0.15, 0.2) is 11.5 Å². The lowest BCUT2D eigenvalue weighted by Crippen LogP contribution is -2.25. The Bertz CT molecular complexity index is 375. The Morgan fingerprint density at radius 1 is 1.22 bits per heavy atom. The monoisotopic (exact) mass is 251 g/mol. The van der Waals surface area contributed by atoms with Crippen LogP contribution in [0.1, 0.15) is 31.2 Å². The zero-order chi connectivity index (χ0) is 12.8. The Morgan fingerprint density at radius 3 is 2.83 bits per heavy atom. The number of hydrogen-bond acceptors (Lipinski definition) is 4. The highest BCUT2D eigenvalue weighted by Crippen LogP contribution is 2.24. The quantitative estimate of drug-likeness (QED) is 0.554. The van der Waals surface area contributed by atoms with Crippen molar-refractivity contribution >= 4 is 0 Å². The first-order valence-electron chi connectivity index (χ1n) is 6.59. The molecule has 0 bridgehead atoms. The number of hydrogen-bond donors (Lipinski definition) is 3. The van der Waals surface area contributed by atoms with Gasteiger partial charge in [-0.1, -0.05) is 6.07 Å². The van der Waals surface area contributed by atoms with Gasteiger partial charge in [0.25, 0.3) is 0 Å². The highest BCUT2D eigenvalue weighted by atomic mass is 16.5. The molecule has 18 heavy (non-hydrogen) atoms. The van der Waals surface area contributed by atoms with Crippen LogP contribution < -0.4 is 5.32 Å². The van der Waals surface area contributed by atoms with Crippen LogP contribution in [0.15, 0.2) is 18.2 Å². The molecule has 4 nitrogen and oxygen atoms in total. The van der Waals surface area contributed by atoms with Gasteiger partial charge in [0, 0.05) is 13.2 Å². The standard InChI is InChI=1S/C14H21NO3/c16-13-5-4-11(9-14(13)17)10-15-7-6-12-3-1-2-8-18-12/h4-5,9,12,15-17H,1-3,6-8,10H2. The second kappa shape index (κ2) is 6.61. The summed E-state index contributed by atoms with van der Waals surface area (Å²) in [6.07, 6.45) is 5.07. The molecule has 100 valence electrons. The lowest BCUT2D eigenvalue weighted by atomic mass is 10.1. The van der Waals surface area contributed by atoms with E-state index in [1.807, 2.05) is 0 Å². The molecule has 3 N–H and O–H groups in total. The van der Waals surface area contributed by atoms with Crippen molar-refractivity contribution in [3.05, 3.63) is 23.8 Å². The third-order valence-electron chi connectivity index (χ3n) is 3.29. The van der Waals surface area contributed by atoms with E-state index in [1.54, 1.807) is 12.1 Å². The summed E-state index contributed by atoms with van der Waals surface area (Å²) in [4.78, 5) is 0. The Hall–Kier alpha value is -1.26. The van der Waals surface area contributed by atoms with Gasteiger partial charge >= 0.3 is 0 Å². The molecule has 0 radical (unpaired) electrons. The van der Waals surface area contributed by atoms with Gasteiger partial charge in [-0.3, -0.25) is 0 Å². The lowest BCUT2D eigenvalue weighted by Gasteiger charge is -2.22. The summed E-state index contributed by atoms with van der Waals surface area (Å²) >= 11 is 0. The molecule has 1 fully saturated rings. The van der Waals surface area contributed by atoms with Crippen LogP contribution in [0, 0.1) is 0 Å². The fourth-order valence-electron chi connectivity index (χ4n) is 2.21. The van der Waals surface area contributed by atoms with Crippen molar-refractivity contribution in [2.45, 2.75) is 38.3 Å². The third-order valence-corrected chi connectivity index (χ3v) is 3.29. The summed E-state index contributed by atoms with van der Waals surface area (Å²) in [5.74, 6) is -0.140. The van der Waals surface area contributed by atoms with Gasteiger partial charge in [0.1, 0.15) is 0 Å². The number of nitrogens with one attached hydrogen (secondary N) is 1. The predicted octanol–water partition coefficient (Wildman–Crippen LogP) is 2.15. The maximum Gasteiger partial charge on any atom is 0.157 e. The largest absolute Gasteiger partial charge is 0.504 e. The number of phenolic OH excluding ortho intramolecular Hbond substituents is 2. The van der Waals surface area contributed by atoms with E-state index in [4.69, 9.17) is 4.74 Å². The summed E-state index contributed by atoms with van der Waals surface area (Å²) in [6.45, 7) is 2.50. The number of benzene rings is 1. The molecule has 1 saturated heterocycles. The van der Waals surface area contributed by atoms with Crippen LogP contribution >= 0.6 is 0 Å². The minimum atomic E-state index is -0.0747. The van der Waals surface area contributed by atoms with Crippen LogP contribution in [0.2, 0.25) is 0 Å². The lowest BCUT2D eigenvalue weighted by molar-refractivity contribution is 0.0115. The van der Waals surface area contributed by atoms with Gasteiger partial charge in [-0.2, -0.15) is 0 Å². The highest BCUT2D eigenvalue weighted by molar-refractivity contribution is 5.40. The molecule has 0 aliphatic carbocycles. The van der Waals surface area contributed by atoms with Gasteiger partial charge in [-0.25, -0.2) is 0 Å². The van der Waals surface area contributed by atoms with Crippen LogP contribution in [0.3, 0.4) is 0 Å². The van der Waals surface area contributed by atoms with E-state index < -0.39 is 0 Å². The number of phenols is 2. The Morgan fingerprint density at radius 2 is 2.11 bits per heavy atom. The highest BCUT2D eigenvalue weighted by Gasteiger charge is 2.12. The molecular formula is C14H21NO3. The molecular weight excluding hydrogens is 230 g/mol. The topological polar surface area (TPSA) is 61.7 Å². The van der Waals surface area contributed by atoms with E-state index in [2.05, 4.69) is 5.32 Å². The van der Waals surface area contributed by atoms with Crippen LogP contribution in [0.4, 0.5) is 0 Å². The smallest absolute Gasteiger partial charge is 0.157 e. The molecule has 0 spiro atoms. The van der Waals surface area contributed by atoms with Crippen molar-refractivity contribution < 1.29 is 14.9 Å². The van der Waals surface area contributed by atoms with Crippen LogP contribution in [-0.2, 0) is 11.3 Å². The molecule has 1 heterocycles. The zero-order valence-corrected chi connectivity index (χ0v) is 10.6. The molecule has 1 aliphatic rings. The van der Waals surface area contributed by atoms with E-state index in [0.717, 1.165) is 25.1 Å². The van der Waals surface area contributed by atoms with E-state index in [0.29, 0.717) is 12.6 Å². The number of rotatable bonds is 5. The van der Waals surface area contributed by atoms with E-state index in [-0.39, 0.29) is 11.5 Å². The van der Waals surface area contributed by atoms with Crippen LogP contribution in [0.25, 0.3) is 0 Å². The van der Waals surface area contributed by atoms with Gasteiger partial charge in [0.2, 0.25) is 0 Å². The van der Waals surface area contributed by atoms with Crippen molar-refractivity contribution in [3.63, 3.8) is 0 Å². The molecule has 1 aromatic rings. The molecule has 1 aromatic carbocycles. The normalized spacial score (nSPS) is 19.9. The second-order valence-electron chi connectivity index (χ2n) is 4.78. The first-order valence-corrected chi connectivity index (χ1v) is 6.59. The Kier molecular flexibility index (Phi) is 4.84. The number of aromatic hydroxyl groups is 2. The third kappa shape index (κ3) is 3.89. The van der Waals surface area contributed by atoms with Crippen molar-refractivity contribution in [2.75, 3.05) is 13.2 Å². The molecule has 1 atom stereocenters. The Balaban J connectivity index is 1.66. The van der Waals surface area contributed by atoms with E-state index in [9.17, 15) is 10.2 Å². The molecule has 0 aromatic heterocycles. The van der Waals surface area contributed by atoms with Gasteiger partial charge in [-0.05, 0) is 49.9 Å². The molecule has 2 rings (SSSR count). The first-order chi connectivity index (χ1) is 8.75. The maximum absolute atomic E-state index is 9.36. The summed E-state index contributed by atoms with van der Waals surface area (Å²) in [5, 5.41) is 21.9. The average Bonchev–Trinajstić information content (AvgIpc) is 2.40. The fraction of sp³-hybridized carbons (Fsp3) is 0.571. The molecule has 4 heteroatoms. The SMILES string of the molecule is Oc1ccc(CNCCC2CCCCO2)cc1O. The first kappa shape index (κ1) is 13.2. The minimum Gasteiger partial charge on any atom is -0.504 e. The van der Waals surface area contributed by atoms with Gasteiger partial charge < -0.3 is 20.3 Å². The van der Waals surface area contributed by atoms with Crippen LogP contribution in [-0.4, -0.2) is 29.5 Å². The minimum absolute atomic E-state index is 0.0649. The van der Waals surface area contributed by atoms with E-state index in [1.165, 1.54) is 25.3 Å². The maximum atomic E-state index is 9.36. The summed E-state index contributed by atoms with van der Waals surface area (Å²) in [5.41, 5.74) is 0.967. The average molecular weight is 251 g/mol. The summed E-state index contributed by atoms with van der Waals surface area (Å²) in [6, 6.07) is 4.90. The van der Waals surface area contributed by atoms with Crippen LogP contribution in [0.5, 0.6) is 11.5 Å². The molecule has 1 unspecified atom stereocenters. The molecule has 0 saturated carbocycles. The van der Waals surface area contributed by atoms with Crippen molar-refractivity contribution in [1.82, 2.24) is 5.32 Å².